The van der Waals surface area contributed by atoms with Gasteiger partial charge in [-0.3, -0.25) is 0 Å². The number of ether oxygens (including phenoxy) is 1. The second-order valence-corrected chi connectivity index (χ2v) is 4.11. The Morgan fingerprint density at radius 1 is 1.62 bits per heavy atom. The summed E-state index contributed by atoms with van der Waals surface area (Å²) in [5.74, 6) is 0.0127. The molecule has 2 unspecified atom stereocenters. The second kappa shape index (κ2) is 4.70. The van der Waals surface area contributed by atoms with Crippen LogP contribution in [0.3, 0.4) is 0 Å². The predicted molar refractivity (Wildman–Crippen MR) is 59.1 cm³/mol. The lowest BCUT2D eigenvalue weighted by molar-refractivity contribution is -0.0205. The molecule has 0 aliphatic carbocycles. The Hall–Kier alpha value is -1.29. The summed E-state index contributed by atoms with van der Waals surface area (Å²) in [6, 6.07) is 3.12. The standard InChI is InChI=1S/C12H18O4/c1-5-8(2)12(3,14)10-7-6-9(16-10)11(13)15-4/h6-8,14H,5H2,1-4H3. The number of furan rings is 1. The van der Waals surface area contributed by atoms with Gasteiger partial charge in [0, 0.05) is 0 Å². The molecule has 1 rings (SSSR count). The molecular formula is C12H18O4. The SMILES string of the molecule is CCC(C)C(C)(O)c1ccc(C(=O)OC)o1. The molecule has 1 aromatic heterocycles. The van der Waals surface area contributed by atoms with Gasteiger partial charge in [0.05, 0.1) is 7.11 Å². The minimum absolute atomic E-state index is 0.0455. The Kier molecular flexibility index (Phi) is 3.75. The van der Waals surface area contributed by atoms with E-state index in [9.17, 15) is 9.90 Å². The summed E-state index contributed by atoms with van der Waals surface area (Å²) in [6.07, 6.45) is 0.821. The van der Waals surface area contributed by atoms with Crippen LogP contribution >= 0.6 is 0 Å². The van der Waals surface area contributed by atoms with Gasteiger partial charge in [-0.1, -0.05) is 20.3 Å². The van der Waals surface area contributed by atoms with Crippen molar-refractivity contribution < 1.29 is 19.1 Å². The zero-order valence-electron chi connectivity index (χ0n) is 10.1. The molecule has 0 saturated carbocycles. The van der Waals surface area contributed by atoms with Gasteiger partial charge in [-0.2, -0.15) is 0 Å². The lowest BCUT2D eigenvalue weighted by Crippen LogP contribution is -2.28. The van der Waals surface area contributed by atoms with Crippen molar-refractivity contribution in [1.82, 2.24) is 0 Å². The lowest BCUT2D eigenvalue weighted by atomic mass is 9.87. The van der Waals surface area contributed by atoms with Crippen LogP contribution < -0.4 is 0 Å². The third-order valence-corrected chi connectivity index (χ3v) is 3.06. The van der Waals surface area contributed by atoms with E-state index < -0.39 is 11.6 Å². The highest BCUT2D eigenvalue weighted by Gasteiger charge is 2.33. The van der Waals surface area contributed by atoms with E-state index in [4.69, 9.17) is 4.42 Å². The van der Waals surface area contributed by atoms with E-state index in [1.54, 1.807) is 13.0 Å². The molecule has 4 heteroatoms. The molecular weight excluding hydrogens is 208 g/mol. The summed E-state index contributed by atoms with van der Waals surface area (Å²) in [4.78, 5) is 11.2. The Morgan fingerprint density at radius 3 is 2.75 bits per heavy atom. The van der Waals surface area contributed by atoms with Crippen molar-refractivity contribution in [3.05, 3.63) is 23.7 Å². The number of esters is 1. The van der Waals surface area contributed by atoms with Crippen molar-refractivity contribution in [3.8, 4) is 0 Å². The number of carbonyl (C=O) groups is 1. The van der Waals surface area contributed by atoms with Gasteiger partial charge in [-0.15, -0.1) is 0 Å². The maximum Gasteiger partial charge on any atom is 0.373 e. The van der Waals surface area contributed by atoms with Crippen LogP contribution in [0.1, 0.15) is 43.5 Å². The fraction of sp³-hybridized carbons (Fsp3) is 0.583. The second-order valence-electron chi connectivity index (χ2n) is 4.11. The molecule has 0 saturated heterocycles. The average molecular weight is 226 g/mol. The maximum atomic E-state index is 11.2. The Balaban J connectivity index is 2.97. The summed E-state index contributed by atoms with van der Waals surface area (Å²) < 4.78 is 9.83. The minimum Gasteiger partial charge on any atom is -0.463 e. The predicted octanol–water partition coefficient (Wildman–Crippen LogP) is 2.32. The molecule has 90 valence electrons. The van der Waals surface area contributed by atoms with Crippen LogP contribution in [0.15, 0.2) is 16.5 Å². The number of rotatable bonds is 4. The number of methoxy groups -OCH3 is 1. The third kappa shape index (κ3) is 2.27. The minimum atomic E-state index is -1.07. The first kappa shape index (κ1) is 12.8. The summed E-state index contributed by atoms with van der Waals surface area (Å²) in [5, 5.41) is 10.3. The fourth-order valence-corrected chi connectivity index (χ4v) is 1.46. The molecule has 0 amide bonds. The van der Waals surface area contributed by atoms with E-state index in [-0.39, 0.29) is 11.7 Å². The highest BCUT2D eigenvalue weighted by Crippen LogP contribution is 2.32. The molecule has 0 radical (unpaired) electrons. The van der Waals surface area contributed by atoms with Gasteiger partial charge in [0.25, 0.3) is 0 Å². The number of hydrogen-bond acceptors (Lipinski definition) is 4. The first-order chi connectivity index (χ1) is 7.43. The first-order valence-corrected chi connectivity index (χ1v) is 5.34. The van der Waals surface area contributed by atoms with Gasteiger partial charge in [-0.25, -0.2) is 4.79 Å². The summed E-state index contributed by atoms with van der Waals surface area (Å²) >= 11 is 0. The first-order valence-electron chi connectivity index (χ1n) is 5.34. The summed E-state index contributed by atoms with van der Waals surface area (Å²) in [6.45, 7) is 5.60. The summed E-state index contributed by atoms with van der Waals surface area (Å²) in [5.41, 5.74) is -1.07. The lowest BCUT2D eigenvalue weighted by Gasteiger charge is -2.27. The molecule has 0 aromatic carbocycles. The van der Waals surface area contributed by atoms with Gasteiger partial charge < -0.3 is 14.3 Å². The van der Waals surface area contributed by atoms with Crippen molar-refractivity contribution in [2.45, 2.75) is 32.8 Å². The quantitative estimate of drug-likeness (QED) is 0.800. The molecule has 0 fully saturated rings. The van der Waals surface area contributed by atoms with Crippen LogP contribution in [0.2, 0.25) is 0 Å². The van der Waals surface area contributed by atoms with Crippen molar-refractivity contribution >= 4 is 5.97 Å². The van der Waals surface area contributed by atoms with E-state index in [0.29, 0.717) is 5.76 Å². The topological polar surface area (TPSA) is 59.7 Å². The van der Waals surface area contributed by atoms with Crippen molar-refractivity contribution in [2.24, 2.45) is 5.92 Å². The largest absolute Gasteiger partial charge is 0.463 e. The zero-order chi connectivity index (χ0) is 12.3. The van der Waals surface area contributed by atoms with Gasteiger partial charge in [0.2, 0.25) is 5.76 Å². The van der Waals surface area contributed by atoms with Crippen molar-refractivity contribution in [3.63, 3.8) is 0 Å². The van der Waals surface area contributed by atoms with E-state index in [2.05, 4.69) is 4.74 Å². The van der Waals surface area contributed by atoms with Crippen LogP contribution in [0.25, 0.3) is 0 Å². The molecule has 1 heterocycles. The fourth-order valence-electron chi connectivity index (χ4n) is 1.46. The van der Waals surface area contributed by atoms with E-state index in [1.807, 2.05) is 13.8 Å². The van der Waals surface area contributed by atoms with E-state index in [0.717, 1.165) is 6.42 Å². The molecule has 0 spiro atoms. The molecule has 0 bridgehead atoms. The smallest absolute Gasteiger partial charge is 0.373 e. The van der Waals surface area contributed by atoms with Crippen LogP contribution in [0.4, 0.5) is 0 Å². The summed E-state index contributed by atoms with van der Waals surface area (Å²) in [7, 11) is 1.29. The van der Waals surface area contributed by atoms with Crippen molar-refractivity contribution in [2.75, 3.05) is 7.11 Å². The van der Waals surface area contributed by atoms with Crippen LogP contribution in [0, 0.1) is 5.92 Å². The van der Waals surface area contributed by atoms with Gasteiger partial charge in [-0.05, 0) is 25.0 Å². The highest BCUT2D eigenvalue weighted by molar-refractivity contribution is 5.86. The van der Waals surface area contributed by atoms with Crippen LogP contribution in [-0.4, -0.2) is 18.2 Å². The van der Waals surface area contributed by atoms with Gasteiger partial charge in [0.15, 0.2) is 0 Å². The average Bonchev–Trinajstić information content (AvgIpc) is 2.76. The molecule has 1 aromatic rings. The third-order valence-electron chi connectivity index (χ3n) is 3.06. The number of aliphatic hydroxyl groups is 1. The van der Waals surface area contributed by atoms with Gasteiger partial charge >= 0.3 is 5.97 Å². The normalized spacial score (nSPS) is 16.6. The highest BCUT2D eigenvalue weighted by atomic mass is 16.5. The molecule has 0 aliphatic heterocycles. The van der Waals surface area contributed by atoms with E-state index in [1.165, 1.54) is 13.2 Å². The number of hydrogen-bond donors (Lipinski definition) is 1. The van der Waals surface area contributed by atoms with Crippen LogP contribution in [-0.2, 0) is 10.3 Å². The Labute approximate surface area is 95.2 Å². The Bertz CT molecular complexity index is 365. The van der Waals surface area contributed by atoms with Gasteiger partial charge in [0.1, 0.15) is 11.4 Å². The molecule has 1 N–H and O–H groups in total. The van der Waals surface area contributed by atoms with Crippen molar-refractivity contribution in [1.29, 1.82) is 0 Å². The molecule has 0 aliphatic rings. The maximum absolute atomic E-state index is 11.2. The Morgan fingerprint density at radius 2 is 2.25 bits per heavy atom. The van der Waals surface area contributed by atoms with Crippen LogP contribution in [0.5, 0.6) is 0 Å². The number of carbonyl (C=O) groups excluding carboxylic acids is 1. The molecule has 2 atom stereocenters. The zero-order valence-corrected chi connectivity index (χ0v) is 10.1. The monoisotopic (exact) mass is 226 g/mol. The molecule has 16 heavy (non-hydrogen) atoms. The molecule has 4 nitrogen and oxygen atoms in total. The van der Waals surface area contributed by atoms with E-state index >= 15 is 0 Å².